The second-order valence-electron chi connectivity index (χ2n) is 7.73. The van der Waals surface area contributed by atoms with Crippen LogP contribution in [0.5, 0.6) is 17.2 Å². The third-order valence-corrected chi connectivity index (χ3v) is 4.84. The van der Waals surface area contributed by atoms with Crippen molar-refractivity contribution in [2.24, 2.45) is 0 Å². The lowest BCUT2D eigenvalue weighted by atomic mass is 10.2. The maximum atomic E-state index is 12.2. The van der Waals surface area contributed by atoms with Gasteiger partial charge in [0, 0.05) is 32.1 Å². The lowest BCUT2D eigenvalue weighted by Crippen LogP contribution is -2.29. The number of hydrogen-bond acceptors (Lipinski definition) is 5. The van der Waals surface area contributed by atoms with Crippen molar-refractivity contribution < 1.29 is 19.0 Å². The topological polar surface area (TPSA) is 60.0 Å². The predicted octanol–water partition coefficient (Wildman–Crippen LogP) is 3.81. The normalized spacial score (nSPS) is 17.5. The third-order valence-electron chi connectivity index (χ3n) is 4.84. The molecule has 1 amide bonds. The van der Waals surface area contributed by atoms with Crippen LogP contribution in [-0.2, 0) is 11.3 Å². The smallest absolute Gasteiger partial charge is 0.262 e. The second-order valence-corrected chi connectivity index (χ2v) is 7.73. The summed E-state index contributed by atoms with van der Waals surface area (Å²) < 4.78 is 17.0. The van der Waals surface area contributed by atoms with Gasteiger partial charge in [-0.2, -0.15) is 0 Å². The van der Waals surface area contributed by atoms with E-state index in [0.717, 1.165) is 6.54 Å². The number of fused-ring (bicyclic) bond motifs is 1. The minimum Gasteiger partial charge on any atom is -0.484 e. The monoisotopic (exact) mass is 382 g/mol. The maximum absolute atomic E-state index is 12.2. The molecule has 148 valence electrons. The molecule has 0 aromatic heterocycles. The Morgan fingerprint density at radius 2 is 1.79 bits per heavy atom. The van der Waals surface area contributed by atoms with Crippen molar-refractivity contribution in [3.8, 4) is 17.2 Å². The fourth-order valence-corrected chi connectivity index (χ4v) is 3.54. The second kappa shape index (κ2) is 7.72. The van der Waals surface area contributed by atoms with E-state index in [1.807, 2.05) is 26.0 Å². The lowest BCUT2D eigenvalue weighted by molar-refractivity contribution is -0.118. The zero-order valence-electron chi connectivity index (χ0n) is 16.4. The highest BCUT2D eigenvalue weighted by atomic mass is 16.7. The summed E-state index contributed by atoms with van der Waals surface area (Å²) >= 11 is 0. The summed E-state index contributed by atoms with van der Waals surface area (Å²) in [6.45, 7) is 6.96. The third kappa shape index (κ3) is 4.57. The number of ether oxygens (including phenoxy) is 3. The zero-order valence-corrected chi connectivity index (χ0v) is 16.4. The van der Waals surface area contributed by atoms with E-state index < -0.39 is 5.79 Å². The Balaban J connectivity index is 1.27. The van der Waals surface area contributed by atoms with Crippen molar-refractivity contribution in [1.29, 1.82) is 0 Å². The number of hydrogen-bond donors (Lipinski definition) is 1. The number of likely N-dealkylation sites (tertiary alicyclic amines) is 1. The Labute approximate surface area is 165 Å². The van der Waals surface area contributed by atoms with Crippen molar-refractivity contribution >= 4 is 11.6 Å². The van der Waals surface area contributed by atoms with Gasteiger partial charge in [0.2, 0.25) is 5.79 Å². The van der Waals surface area contributed by atoms with Crippen LogP contribution in [0, 0.1) is 0 Å². The largest absolute Gasteiger partial charge is 0.484 e. The molecule has 6 heteroatoms. The molecule has 2 heterocycles. The molecular weight excluding hydrogens is 356 g/mol. The summed E-state index contributed by atoms with van der Waals surface area (Å²) in [7, 11) is 0. The number of benzene rings is 2. The van der Waals surface area contributed by atoms with Gasteiger partial charge in [0.25, 0.3) is 5.91 Å². The van der Waals surface area contributed by atoms with Crippen LogP contribution in [0.15, 0.2) is 42.5 Å². The molecular formula is C22H26N2O4. The molecule has 1 fully saturated rings. The van der Waals surface area contributed by atoms with Gasteiger partial charge < -0.3 is 19.5 Å². The first-order valence-electron chi connectivity index (χ1n) is 9.73. The Kier molecular flexibility index (Phi) is 5.13. The molecule has 0 saturated carbocycles. The Hall–Kier alpha value is -2.73. The number of carbonyl (C=O) groups excluding carboxylic acids is 1. The van der Waals surface area contributed by atoms with Crippen molar-refractivity contribution in [3.05, 3.63) is 48.0 Å². The molecule has 6 nitrogen and oxygen atoms in total. The van der Waals surface area contributed by atoms with Gasteiger partial charge in [-0.25, -0.2) is 0 Å². The van der Waals surface area contributed by atoms with Gasteiger partial charge in [0.15, 0.2) is 18.1 Å². The molecule has 0 unspecified atom stereocenters. The highest BCUT2D eigenvalue weighted by Gasteiger charge is 2.31. The van der Waals surface area contributed by atoms with Crippen molar-refractivity contribution in [2.75, 3.05) is 25.0 Å². The van der Waals surface area contributed by atoms with Crippen LogP contribution in [0.3, 0.4) is 0 Å². The lowest BCUT2D eigenvalue weighted by Gasteiger charge is -2.16. The van der Waals surface area contributed by atoms with Crippen LogP contribution in [0.2, 0.25) is 0 Å². The first-order valence-corrected chi connectivity index (χ1v) is 9.73. The number of nitrogens with zero attached hydrogens (tertiary/aromatic N) is 1. The molecule has 0 bridgehead atoms. The number of rotatable bonds is 6. The van der Waals surface area contributed by atoms with Crippen molar-refractivity contribution in [3.63, 3.8) is 0 Å². The number of amides is 1. The maximum Gasteiger partial charge on any atom is 0.262 e. The summed E-state index contributed by atoms with van der Waals surface area (Å²) in [6, 6.07) is 13.3. The molecule has 0 atom stereocenters. The Morgan fingerprint density at radius 3 is 2.54 bits per heavy atom. The molecule has 0 radical (unpaired) electrons. The fourth-order valence-electron chi connectivity index (χ4n) is 3.54. The summed E-state index contributed by atoms with van der Waals surface area (Å²) in [6.07, 6.45) is 2.58. The SMILES string of the molecule is CC1(C)Oc2ccc(NC(=O)COc3ccc(CN4CCCC4)cc3)cc2O1. The van der Waals surface area contributed by atoms with E-state index in [1.54, 1.807) is 18.2 Å². The van der Waals surface area contributed by atoms with Gasteiger partial charge in [-0.3, -0.25) is 9.69 Å². The van der Waals surface area contributed by atoms with Crippen LogP contribution in [-0.4, -0.2) is 36.3 Å². The van der Waals surface area contributed by atoms with Gasteiger partial charge in [0.1, 0.15) is 5.75 Å². The molecule has 28 heavy (non-hydrogen) atoms. The molecule has 0 aliphatic carbocycles. The van der Waals surface area contributed by atoms with E-state index in [2.05, 4.69) is 22.3 Å². The van der Waals surface area contributed by atoms with Crippen LogP contribution in [0.25, 0.3) is 0 Å². The Bertz CT molecular complexity index is 842. The van der Waals surface area contributed by atoms with Gasteiger partial charge >= 0.3 is 0 Å². The number of anilines is 1. The quantitative estimate of drug-likeness (QED) is 0.823. The predicted molar refractivity (Wildman–Crippen MR) is 107 cm³/mol. The van der Waals surface area contributed by atoms with E-state index in [4.69, 9.17) is 14.2 Å². The fraction of sp³-hybridized carbons (Fsp3) is 0.409. The Morgan fingerprint density at radius 1 is 1.07 bits per heavy atom. The van der Waals surface area contributed by atoms with Crippen LogP contribution < -0.4 is 19.5 Å². The summed E-state index contributed by atoms with van der Waals surface area (Å²) in [5.41, 5.74) is 1.91. The molecule has 0 spiro atoms. The molecule has 1 saturated heterocycles. The minimum atomic E-state index is -0.686. The van der Waals surface area contributed by atoms with Crippen LogP contribution in [0.4, 0.5) is 5.69 Å². The van der Waals surface area contributed by atoms with Gasteiger partial charge in [-0.1, -0.05) is 12.1 Å². The van der Waals surface area contributed by atoms with E-state index in [0.29, 0.717) is 22.9 Å². The minimum absolute atomic E-state index is 0.0502. The van der Waals surface area contributed by atoms with Crippen molar-refractivity contribution in [1.82, 2.24) is 4.90 Å². The van der Waals surface area contributed by atoms with E-state index >= 15 is 0 Å². The number of carbonyl (C=O) groups is 1. The first-order chi connectivity index (χ1) is 13.5. The average molecular weight is 382 g/mol. The van der Waals surface area contributed by atoms with Gasteiger partial charge in [-0.05, 0) is 55.8 Å². The van der Waals surface area contributed by atoms with Crippen LogP contribution in [0.1, 0.15) is 32.3 Å². The molecule has 4 rings (SSSR count). The van der Waals surface area contributed by atoms with E-state index in [1.165, 1.54) is 31.5 Å². The first kappa shape index (κ1) is 18.6. The molecule has 2 aliphatic heterocycles. The molecule has 2 aromatic carbocycles. The van der Waals surface area contributed by atoms with Gasteiger partial charge in [0.05, 0.1) is 0 Å². The summed E-state index contributed by atoms with van der Waals surface area (Å²) in [5, 5.41) is 2.82. The summed E-state index contributed by atoms with van der Waals surface area (Å²) in [5.74, 6) is 1.08. The van der Waals surface area contributed by atoms with E-state index in [9.17, 15) is 4.79 Å². The molecule has 1 N–H and O–H groups in total. The van der Waals surface area contributed by atoms with E-state index in [-0.39, 0.29) is 12.5 Å². The highest BCUT2D eigenvalue weighted by molar-refractivity contribution is 5.92. The van der Waals surface area contributed by atoms with Crippen LogP contribution >= 0.6 is 0 Å². The molecule has 2 aliphatic rings. The number of nitrogens with one attached hydrogen (secondary N) is 1. The van der Waals surface area contributed by atoms with Gasteiger partial charge in [-0.15, -0.1) is 0 Å². The summed E-state index contributed by atoms with van der Waals surface area (Å²) in [4.78, 5) is 14.6. The zero-order chi connectivity index (χ0) is 19.6. The van der Waals surface area contributed by atoms with Crippen molar-refractivity contribution in [2.45, 2.75) is 39.0 Å². The average Bonchev–Trinajstić information content (AvgIpc) is 3.26. The molecule has 2 aromatic rings. The standard InChI is InChI=1S/C22H26N2O4/c1-22(2)27-19-10-7-17(13-20(19)28-22)23-21(25)15-26-18-8-5-16(6-9-18)14-24-11-3-4-12-24/h5-10,13H,3-4,11-12,14-15H2,1-2H3,(H,23,25). The highest BCUT2D eigenvalue weighted by Crippen LogP contribution is 2.40.